The number of nitrogens with zero attached hydrogens (tertiary/aromatic N) is 1. The van der Waals surface area contributed by atoms with Crippen LogP contribution in [0, 0.1) is 0 Å². The van der Waals surface area contributed by atoms with Gasteiger partial charge in [0.1, 0.15) is 6.04 Å². The molecule has 0 unspecified atom stereocenters. The van der Waals surface area contributed by atoms with Crippen molar-refractivity contribution in [3.8, 4) is 11.1 Å². The summed E-state index contributed by atoms with van der Waals surface area (Å²) in [4.78, 5) is 16.4. The number of carbonyl (C=O) groups excluding carboxylic acids is 1. The van der Waals surface area contributed by atoms with Crippen LogP contribution in [0.3, 0.4) is 0 Å². The van der Waals surface area contributed by atoms with E-state index in [0.29, 0.717) is 5.69 Å². The second-order valence-electron chi connectivity index (χ2n) is 5.55. The van der Waals surface area contributed by atoms with Gasteiger partial charge in [-0.3, -0.25) is 9.78 Å². The first-order valence-corrected chi connectivity index (χ1v) is 8.00. The summed E-state index contributed by atoms with van der Waals surface area (Å²) in [5, 5.41) is 15.3. The van der Waals surface area contributed by atoms with Gasteiger partial charge in [0.05, 0.1) is 6.61 Å². The number of hydrogen-bond donors (Lipinski definition) is 3. The van der Waals surface area contributed by atoms with Crippen LogP contribution in [-0.2, 0) is 4.79 Å². The number of aliphatic hydroxyl groups is 1. The highest BCUT2D eigenvalue weighted by molar-refractivity contribution is 5.96. The zero-order valence-electron chi connectivity index (χ0n) is 13.6. The van der Waals surface area contributed by atoms with Crippen LogP contribution in [0.15, 0.2) is 79.1 Å². The Labute approximate surface area is 146 Å². The maximum atomic E-state index is 12.4. The third kappa shape index (κ3) is 4.43. The topological polar surface area (TPSA) is 74.2 Å². The number of amides is 1. The summed E-state index contributed by atoms with van der Waals surface area (Å²) in [5.74, 6) is -0.289. The van der Waals surface area contributed by atoms with E-state index >= 15 is 0 Å². The molecule has 3 aromatic rings. The van der Waals surface area contributed by atoms with E-state index in [4.69, 9.17) is 0 Å². The number of pyridine rings is 1. The quantitative estimate of drug-likeness (QED) is 0.648. The number of hydrogen-bond acceptors (Lipinski definition) is 4. The number of anilines is 2. The molecule has 3 rings (SSSR count). The normalized spacial score (nSPS) is 11.6. The molecule has 25 heavy (non-hydrogen) atoms. The molecule has 0 fully saturated rings. The predicted molar refractivity (Wildman–Crippen MR) is 99.2 cm³/mol. The molecule has 0 spiro atoms. The molecular weight excluding hydrogens is 314 g/mol. The van der Waals surface area contributed by atoms with E-state index in [0.717, 1.165) is 16.8 Å². The van der Waals surface area contributed by atoms with E-state index in [1.165, 1.54) is 0 Å². The predicted octanol–water partition coefficient (Wildman–Crippen LogP) is 3.16. The number of carbonyl (C=O) groups is 1. The lowest BCUT2D eigenvalue weighted by Crippen LogP contribution is -2.37. The molecule has 5 nitrogen and oxygen atoms in total. The fourth-order valence-electron chi connectivity index (χ4n) is 2.45. The Bertz CT molecular complexity index is 805. The van der Waals surface area contributed by atoms with Crippen molar-refractivity contribution in [3.05, 3.63) is 79.1 Å². The van der Waals surface area contributed by atoms with Gasteiger partial charge in [-0.25, -0.2) is 0 Å². The Hall–Kier alpha value is -3.18. The Morgan fingerprint density at radius 2 is 1.52 bits per heavy atom. The lowest BCUT2D eigenvalue weighted by Gasteiger charge is -2.17. The molecule has 0 saturated heterocycles. The van der Waals surface area contributed by atoms with E-state index in [1.54, 1.807) is 12.4 Å². The van der Waals surface area contributed by atoms with Crippen molar-refractivity contribution in [1.82, 2.24) is 4.98 Å². The highest BCUT2D eigenvalue weighted by atomic mass is 16.3. The fourth-order valence-corrected chi connectivity index (χ4v) is 2.45. The fraction of sp³-hybridized carbons (Fsp3) is 0.100. The summed E-state index contributed by atoms with van der Waals surface area (Å²) in [6, 6.07) is 20.0. The van der Waals surface area contributed by atoms with Gasteiger partial charge in [-0.1, -0.05) is 30.3 Å². The van der Waals surface area contributed by atoms with Crippen molar-refractivity contribution < 1.29 is 9.90 Å². The third-order valence-corrected chi connectivity index (χ3v) is 3.78. The Balaban J connectivity index is 1.65. The van der Waals surface area contributed by atoms with Crippen LogP contribution < -0.4 is 10.6 Å². The van der Waals surface area contributed by atoms with E-state index < -0.39 is 6.04 Å². The monoisotopic (exact) mass is 333 g/mol. The average Bonchev–Trinajstić information content (AvgIpc) is 2.68. The van der Waals surface area contributed by atoms with Gasteiger partial charge in [-0.2, -0.15) is 0 Å². The Morgan fingerprint density at radius 1 is 0.880 bits per heavy atom. The van der Waals surface area contributed by atoms with Crippen molar-refractivity contribution in [1.29, 1.82) is 0 Å². The number of para-hydroxylation sites is 1. The van der Waals surface area contributed by atoms with Gasteiger partial charge in [0.25, 0.3) is 0 Å². The molecule has 5 heteroatoms. The van der Waals surface area contributed by atoms with E-state index in [2.05, 4.69) is 15.6 Å². The number of nitrogens with one attached hydrogen (secondary N) is 2. The zero-order chi connectivity index (χ0) is 17.5. The van der Waals surface area contributed by atoms with Gasteiger partial charge in [0.2, 0.25) is 5.91 Å². The van der Waals surface area contributed by atoms with Gasteiger partial charge in [0, 0.05) is 23.8 Å². The van der Waals surface area contributed by atoms with E-state index in [-0.39, 0.29) is 12.5 Å². The van der Waals surface area contributed by atoms with Gasteiger partial charge in [-0.05, 0) is 47.5 Å². The first kappa shape index (κ1) is 16.7. The summed E-state index contributed by atoms with van der Waals surface area (Å²) < 4.78 is 0. The van der Waals surface area contributed by atoms with Gasteiger partial charge in [0.15, 0.2) is 0 Å². The molecular formula is C20H19N3O2. The minimum Gasteiger partial charge on any atom is -0.394 e. The van der Waals surface area contributed by atoms with Crippen LogP contribution in [0.2, 0.25) is 0 Å². The van der Waals surface area contributed by atoms with Crippen LogP contribution in [0.5, 0.6) is 0 Å². The van der Waals surface area contributed by atoms with Crippen molar-refractivity contribution in [3.63, 3.8) is 0 Å². The first-order chi connectivity index (χ1) is 12.3. The van der Waals surface area contributed by atoms with Crippen LogP contribution >= 0.6 is 0 Å². The molecule has 126 valence electrons. The smallest absolute Gasteiger partial charge is 0.249 e. The van der Waals surface area contributed by atoms with Gasteiger partial charge < -0.3 is 15.7 Å². The molecule has 1 heterocycles. The summed E-state index contributed by atoms with van der Waals surface area (Å²) in [6.07, 6.45) is 3.48. The lowest BCUT2D eigenvalue weighted by atomic mass is 10.1. The summed E-state index contributed by atoms with van der Waals surface area (Å²) in [6.45, 7) is -0.296. The minimum atomic E-state index is -0.720. The second-order valence-corrected chi connectivity index (χ2v) is 5.55. The van der Waals surface area contributed by atoms with E-state index in [9.17, 15) is 9.90 Å². The summed E-state index contributed by atoms with van der Waals surface area (Å²) in [5.41, 5.74) is 3.56. The molecule has 0 radical (unpaired) electrons. The maximum absolute atomic E-state index is 12.4. The van der Waals surface area contributed by atoms with Gasteiger partial charge in [-0.15, -0.1) is 0 Å². The van der Waals surface area contributed by atoms with Crippen LogP contribution in [0.1, 0.15) is 0 Å². The molecule has 1 aromatic heterocycles. The molecule has 0 aliphatic carbocycles. The number of aliphatic hydroxyl groups excluding tert-OH is 1. The van der Waals surface area contributed by atoms with Crippen LogP contribution in [0.25, 0.3) is 11.1 Å². The molecule has 2 aromatic carbocycles. The maximum Gasteiger partial charge on any atom is 0.249 e. The molecule has 0 aliphatic heterocycles. The summed E-state index contributed by atoms with van der Waals surface area (Å²) in [7, 11) is 0. The van der Waals surface area contributed by atoms with Crippen molar-refractivity contribution in [2.24, 2.45) is 0 Å². The molecule has 0 bridgehead atoms. The molecule has 3 N–H and O–H groups in total. The largest absolute Gasteiger partial charge is 0.394 e. The van der Waals surface area contributed by atoms with Crippen molar-refractivity contribution in [2.45, 2.75) is 6.04 Å². The third-order valence-electron chi connectivity index (χ3n) is 3.78. The zero-order valence-corrected chi connectivity index (χ0v) is 13.6. The standard InChI is InChI=1S/C20H19N3O2/c24-14-19(22-17-4-2-1-3-5-17)20(25)23-18-8-6-15(7-9-18)16-10-12-21-13-11-16/h1-13,19,22,24H,14H2,(H,23,25)/t19-/m0/s1. The van der Waals surface area contributed by atoms with Crippen molar-refractivity contribution >= 4 is 17.3 Å². The SMILES string of the molecule is O=C(Nc1ccc(-c2ccncc2)cc1)[C@H](CO)Nc1ccccc1. The number of rotatable bonds is 6. The van der Waals surface area contributed by atoms with Crippen LogP contribution in [0.4, 0.5) is 11.4 Å². The molecule has 1 atom stereocenters. The molecule has 0 saturated carbocycles. The number of aromatic nitrogens is 1. The Morgan fingerprint density at radius 3 is 2.16 bits per heavy atom. The molecule has 0 aliphatic rings. The van der Waals surface area contributed by atoms with Gasteiger partial charge >= 0.3 is 0 Å². The highest BCUT2D eigenvalue weighted by Gasteiger charge is 2.17. The highest BCUT2D eigenvalue weighted by Crippen LogP contribution is 2.20. The minimum absolute atomic E-state index is 0.289. The Kier molecular flexibility index (Phi) is 5.39. The summed E-state index contributed by atoms with van der Waals surface area (Å²) >= 11 is 0. The van der Waals surface area contributed by atoms with E-state index in [1.807, 2.05) is 66.7 Å². The lowest BCUT2D eigenvalue weighted by molar-refractivity contribution is -0.117. The first-order valence-electron chi connectivity index (χ1n) is 8.00. The van der Waals surface area contributed by atoms with Crippen molar-refractivity contribution in [2.75, 3.05) is 17.2 Å². The second kappa shape index (κ2) is 8.08. The number of benzene rings is 2. The van der Waals surface area contributed by atoms with Crippen LogP contribution in [-0.4, -0.2) is 28.6 Å². The average molecular weight is 333 g/mol. The molecule has 1 amide bonds.